The summed E-state index contributed by atoms with van der Waals surface area (Å²) in [5.74, 6) is -3.60. The van der Waals surface area contributed by atoms with E-state index in [2.05, 4.69) is 33.8 Å². The Bertz CT molecular complexity index is 2650. The van der Waals surface area contributed by atoms with Gasteiger partial charge in [-0.1, -0.05) is 60.1 Å². The van der Waals surface area contributed by atoms with E-state index in [0.29, 0.717) is 44.9 Å². The predicted octanol–water partition coefficient (Wildman–Crippen LogP) is -3.28. The molecule has 526 valence electrons. The minimum atomic E-state index is -2.17. The van der Waals surface area contributed by atoms with E-state index in [0.717, 1.165) is 13.8 Å². The average Bonchev–Trinajstić information content (AvgIpc) is 0.675. The molecule has 0 amide bonds. The highest BCUT2D eigenvalue weighted by atomic mass is 16.8. The Morgan fingerprint density at radius 2 is 1.13 bits per heavy atom. The van der Waals surface area contributed by atoms with Crippen LogP contribution in [0.1, 0.15) is 114 Å². The predicted molar refractivity (Wildman–Crippen MR) is 306 cm³/mol. The molecule has 0 spiro atoms. The van der Waals surface area contributed by atoms with Gasteiger partial charge in [-0.05, 0) is 90.8 Å². The summed E-state index contributed by atoms with van der Waals surface area (Å²) in [6.07, 6.45) is -36.9. The van der Waals surface area contributed by atoms with Gasteiger partial charge in [0.1, 0.15) is 91.6 Å². The molecule has 0 radical (unpaired) electrons. The Labute approximate surface area is 532 Å². The fourth-order valence-electron chi connectivity index (χ4n) is 18.2. The lowest BCUT2D eigenvalue weighted by atomic mass is 9.33. The molecule has 30 nitrogen and oxygen atoms in total. The van der Waals surface area contributed by atoms with Crippen LogP contribution in [0.15, 0.2) is 11.6 Å². The molecule has 9 fully saturated rings. The second kappa shape index (κ2) is 26.8. The van der Waals surface area contributed by atoms with E-state index in [1.54, 1.807) is 0 Å². The van der Waals surface area contributed by atoms with Crippen molar-refractivity contribution < 1.29 is 148 Å². The molecule has 4 saturated carbocycles. The first-order chi connectivity index (χ1) is 43.1. The lowest BCUT2D eigenvalue weighted by molar-refractivity contribution is -0.397. The molecule has 15 N–H and O–H groups in total. The van der Waals surface area contributed by atoms with Gasteiger partial charge in [-0.3, -0.25) is 9.59 Å². The zero-order chi connectivity index (χ0) is 67.4. The summed E-state index contributed by atoms with van der Waals surface area (Å²) >= 11 is 0. The molecule has 92 heavy (non-hydrogen) atoms. The van der Waals surface area contributed by atoms with Gasteiger partial charge in [-0.15, -0.1) is 0 Å². The van der Waals surface area contributed by atoms with Crippen LogP contribution in [0.2, 0.25) is 0 Å². The summed E-state index contributed by atoms with van der Waals surface area (Å²) in [6, 6.07) is 0. The molecule has 0 aromatic carbocycles. The standard InChI is InChI=1S/C62H98O30/c1-24(66)83-31-22-82-54(46(37(31)71)84-25(2)67)88-44-28(68)21-81-52(43(44)77)92-50-49(78)57(3,4)18-27-26-10-11-33-59(6)14-13-34(60(7,23-65)32(59)12-15-62(33,9)61(26,8)17-16-58(27,50)5)87-56-48(41(75)40(74)45(89-56)51(79)80)91-55-47(39(73)36(70)30(20-64)86-55)90-53-42(76)38(72)35(69)29(19-63)85-53/h10,27-50,52-56,63-65,68-78H,11-23H2,1-9H3,(H,79,80). The average molecular weight is 1320 g/mol. The Balaban J connectivity index is 0.886. The van der Waals surface area contributed by atoms with Crippen LogP contribution in [-0.4, -0.2) is 287 Å². The van der Waals surface area contributed by atoms with Crippen LogP contribution in [0, 0.1) is 50.2 Å². The van der Waals surface area contributed by atoms with Gasteiger partial charge >= 0.3 is 17.9 Å². The van der Waals surface area contributed by atoms with E-state index < -0.39 is 224 Å². The number of aliphatic hydroxyl groups excluding tert-OH is 14. The number of aliphatic hydroxyl groups is 14. The maximum atomic E-state index is 12.7. The van der Waals surface area contributed by atoms with E-state index >= 15 is 0 Å². The number of carboxylic acids is 1. The molecule has 34 atom stereocenters. The first-order valence-electron chi connectivity index (χ1n) is 32.1. The van der Waals surface area contributed by atoms with Crippen LogP contribution in [-0.2, 0) is 71.2 Å². The summed E-state index contributed by atoms with van der Waals surface area (Å²) in [5.41, 5.74) is -2.63. The van der Waals surface area contributed by atoms with Crippen molar-refractivity contribution >= 4 is 17.9 Å². The zero-order valence-electron chi connectivity index (χ0n) is 53.3. The highest BCUT2D eigenvalue weighted by Crippen LogP contribution is 2.76. The molecule has 5 saturated heterocycles. The van der Waals surface area contributed by atoms with Gasteiger partial charge in [0.25, 0.3) is 0 Å². The number of hydrogen-bond acceptors (Lipinski definition) is 29. The van der Waals surface area contributed by atoms with Crippen LogP contribution >= 0.6 is 0 Å². The maximum Gasteiger partial charge on any atom is 0.335 e. The van der Waals surface area contributed by atoms with Crippen molar-refractivity contribution in [1.29, 1.82) is 0 Å². The summed E-state index contributed by atoms with van der Waals surface area (Å²) in [5, 5.41) is 166. The lowest BCUT2D eigenvalue weighted by Crippen LogP contribution is -2.69. The number of carboxylic acid groups (broad SMARTS) is 1. The lowest BCUT2D eigenvalue weighted by Gasteiger charge is -2.72. The second-order valence-corrected chi connectivity index (χ2v) is 29.5. The monoisotopic (exact) mass is 1320 g/mol. The molecule has 0 bridgehead atoms. The Kier molecular flexibility index (Phi) is 21.0. The van der Waals surface area contributed by atoms with Gasteiger partial charge in [-0.2, -0.15) is 0 Å². The topological polar surface area (TPSA) is 465 Å². The number of fused-ring (bicyclic) bond motifs is 7. The minimum absolute atomic E-state index is 0.0185. The summed E-state index contributed by atoms with van der Waals surface area (Å²) in [4.78, 5) is 36.7. The van der Waals surface area contributed by atoms with E-state index in [9.17, 15) is 91.0 Å². The highest BCUT2D eigenvalue weighted by Gasteiger charge is 2.71. The van der Waals surface area contributed by atoms with Crippen molar-refractivity contribution in [3.63, 3.8) is 0 Å². The van der Waals surface area contributed by atoms with Crippen molar-refractivity contribution in [3.8, 4) is 0 Å². The SMILES string of the molecule is CC(=O)OC1COC(OC2C(O)COC(OC3C(O)C(C)(C)CC4C5=CCC6C7(C)CCC(OC8OC(C(=O)O)C(O)C(O)C8OC8OC(CO)C(O)C(O)C8OC8OC(CO)C(O)C(O)C8O)C(C)(CO)C7CCC6(C)C5(C)CCC43C)C2O)C(OC(C)=O)C1O. The third-order valence-electron chi connectivity index (χ3n) is 23.8. The number of hydrogen-bond donors (Lipinski definition) is 15. The first-order valence-corrected chi connectivity index (χ1v) is 32.1. The fraction of sp³-hybridized carbons (Fsp3) is 0.919. The van der Waals surface area contributed by atoms with E-state index in [-0.39, 0.29) is 42.8 Å². The van der Waals surface area contributed by atoms with E-state index in [4.69, 9.17) is 56.8 Å². The molecular weight excluding hydrogens is 1220 g/mol. The number of allylic oxidation sites excluding steroid dienone is 2. The van der Waals surface area contributed by atoms with Gasteiger partial charge in [0, 0.05) is 24.7 Å². The van der Waals surface area contributed by atoms with Gasteiger partial charge < -0.3 is 133 Å². The zero-order valence-corrected chi connectivity index (χ0v) is 53.3. The molecule has 5 aliphatic carbocycles. The molecule has 0 aromatic heterocycles. The molecule has 10 aliphatic rings. The number of carbonyl (C=O) groups excluding carboxylic acids is 2. The summed E-state index contributed by atoms with van der Waals surface area (Å²) < 4.78 is 71.4. The Morgan fingerprint density at radius 3 is 1.75 bits per heavy atom. The maximum absolute atomic E-state index is 12.7. The van der Waals surface area contributed by atoms with Crippen molar-refractivity contribution in [2.24, 2.45) is 50.2 Å². The van der Waals surface area contributed by atoms with Gasteiger partial charge in [0.15, 0.2) is 49.8 Å². The Hall–Kier alpha value is -2.81. The van der Waals surface area contributed by atoms with Crippen LogP contribution in [0.5, 0.6) is 0 Å². The van der Waals surface area contributed by atoms with Gasteiger partial charge in [0.2, 0.25) is 0 Å². The molecular formula is C62H98O30. The van der Waals surface area contributed by atoms with Crippen molar-refractivity contribution in [3.05, 3.63) is 11.6 Å². The normalized spacial score (nSPS) is 52.6. The fourth-order valence-corrected chi connectivity index (χ4v) is 18.2. The third-order valence-corrected chi connectivity index (χ3v) is 23.8. The number of rotatable bonds is 16. The smallest absolute Gasteiger partial charge is 0.335 e. The summed E-state index contributed by atoms with van der Waals surface area (Å²) in [7, 11) is 0. The first kappa shape index (κ1) is 71.9. The van der Waals surface area contributed by atoms with E-state index in [1.807, 2.05) is 20.8 Å². The third kappa shape index (κ3) is 12.2. The van der Waals surface area contributed by atoms with Crippen LogP contribution in [0.3, 0.4) is 0 Å². The van der Waals surface area contributed by atoms with E-state index in [1.165, 1.54) is 5.57 Å². The summed E-state index contributed by atoms with van der Waals surface area (Å²) in [6.45, 7) is 14.1. The van der Waals surface area contributed by atoms with Crippen molar-refractivity contribution in [1.82, 2.24) is 0 Å². The quantitative estimate of drug-likeness (QED) is 0.0409. The van der Waals surface area contributed by atoms with Gasteiger partial charge in [-0.25, -0.2) is 4.79 Å². The molecule has 10 rings (SSSR count). The largest absolute Gasteiger partial charge is 0.479 e. The second-order valence-electron chi connectivity index (χ2n) is 29.5. The number of carbonyl (C=O) groups is 3. The van der Waals surface area contributed by atoms with Crippen LogP contribution in [0.4, 0.5) is 0 Å². The number of aliphatic carboxylic acids is 1. The molecule has 30 heteroatoms. The Morgan fingerprint density at radius 1 is 0.543 bits per heavy atom. The molecule has 0 aromatic rings. The molecule has 5 heterocycles. The number of esters is 2. The minimum Gasteiger partial charge on any atom is -0.479 e. The number of ether oxygens (including phenoxy) is 12. The van der Waals surface area contributed by atoms with Crippen LogP contribution < -0.4 is 0 Å². The highest BCUT2D eigenvalue weighted by molar-refractivity contribution is 5.73. The molecule has 34 unspecified atom stereocenters. The molecule has 5 aliphatic heterocycles. The van der Waals surface area contributed by atoms with Gasteiger partial charge in [0.05, 0.1) is 51.3 Å². The van der Waals surface area contributed by atoms with Crippen molar-refractivity contribution in [2.45, 2.75) is 273 Å². The van der Waals surface area contributed by atoms with Crippen LogP contribution in [0.25, 0.3) is 0 Å². The van der Waals surface area contributed by atoms with Crippen molar-refractivity contribution in [2.75, 3.05) is 33.0 Å².